The van der Waals surface area contributed by atoms with Gasteiger partial charge in [0, 0.05) is 0 Å². The minimum atomic E-state index is -3.07. The number of hydrogen-bond acceptors (Lipinski definition) is 0. The quantitative estimate of drug-likeness (QED) is 0.536. The highest BCUT2D eigenvalue weighted by Crippen LogP contribution is 2.19. The SMILES string of the molecule is FCC(F)C(F)[C](F)F. The summed E-state index contributed by atoms with van der Waals surface area (Å²) in [7, 11) is 0. The monoisotopic (exact) mass is 147 g/mol. The molecule has 0 N–H and O–H groups in total. The summed E-state index contributed by atoms with van der Waals surface area (Å²) in [6.07, 6.45) is -8.52. The standard InChI is InChI=1S/C4H4F5/c5-1-2(6)3(7)4(8)9/h2-3H,1H2. The van der Waals surface area contributed by atoms with E-state index in [-0.39, 0.29) is 0 Å². The fraction of sp³-hybridized carbons (Fsp3) is 0.750. The first-order valence-corrected chi connectivity index (χ1v) is 2.11. The molecule has 0 spiro atoms. The third kappa shape index (κ3) is 2.62. The summed E-state index contributed by atoms with van der Waals surface area (Å²) < 4.78 is 56.1. The molecule has 0 aliphatic rings. The smallest absolute Gasteiger partial charge is 0.248 e. The fourth-order valence-electron chi connectivity index (χ4n) is 0.215. The second-order valence-corrected chi connectivity index (χ2v) is 1.36. The summed E-state index contributed by atoms with van der Waals surface area (Å²) in [5.74, 6) is 0. The van der Waals surface area contributed by atoms with E-state index in [1.807, 2.05) is 0 Å². The molecule has 0 heterocycles. The van der Waals surface area contributed by atoms with Crippen molar-refractivity contribution >= 4 is 0 Å². The van der Waals surface area contributed by atoms with E-state index < -0.39 is 25.4 Å². The fourth-order valence-corrected chi connectivity index (χ4v) is 0.215. The molecule has 0 saturated carbocycles. The van der Waals surface area contributed by atoms with Gasteiger partial charge in [-0.15, -0.1) is 0 Å². The normalized spacial score (nSPS) is 18.0. The lowest BCUT2D eigenvalue weighted by Gasteiger charge is -2.05. The van der Waals surface area contributed by atoms with Gasteiger partial charge in [0.05, 0.1) is 0 Å². The van der Waals surface area contributed by atoms with Gasteiger partial charge in [-0.1, -0.05) is 0 Å². The Labute approximate surface area is 48.7 Å². The molecule has 9 heavy (non-hydrogen) atoms. The van der Waals surface area contributed by atoms with Crippen LogP contribution in [0.5, 0.6) is 0 Å². The van der Waals surface area contributed by atoms with Crippen molar-refractivity contribution in [1.82, 2.24) is 0 Å². The van der Waals surface area contributed by atoms with Crippen LogP contribution in [0.3, 0.4) is 0 Å². The zero-order chi connectivity index (χ0) is 7.44. The molecule has 0 aromatic heterocycles. The third-order valence-corrected chi connectivity index (χ3v) is 0.673. The van der Waals surface area contributed by atoms with E-state index in [0.29, 0.717) is 0 Å². The molecule has 0 aromatic rings. The van der Waals surface area contributed by atoms with Crippen LogP contribution < -0.4 is 0 Å². The Morgan fingerprint density at radius 2 is 1.67 bits per heavy atom. The van der Waals surface area contributed by atoms with Gasteiger partial charge in [0.1, 0.15) is 6.67 Å². The molecule has 0 aromatic carbocycles. The van der Waals surface area contributed by atoms with Crippen LogP contribution in [0.4, 0.5) is 22.0 Å². The van der Waals surface area contributed by atoms with Gasteiger partial charge < -0.3 is 0 Å². The number of hydrogen-bond donors (Lipinski definition) is 0. The van der Waals surface area contributed by atoms with Crippen LogP contribution in [-0.4, -0.2) is 19.0 Å². The molecule has 0 amide bonds. The van der Waals surface area contributed by atoms with E-state index in [9.17, 15) is 22.0 Å². The molecule has 0 rings (SSSR count). The zero-order valence-electron chi connectivity index (χ0n) is 4.25. The lowest BCUT2D eigenvalue weighted by Crippen LogP contribution is -2.21. The van der Waals surface area contributed by atoms with Crippen molar-refractivity contribution in [3.63, 3.8) is 0 Å². The first kappa shape index (κ1) is 8.65. The largest absolute Gasteiger partial charge is 0.346 e. The molecule has 0 saturated heterocycles. The van der Waals surface area contributed by atoms with Gasteiger partial charge in [-0.25, -0.2) is 13.2 Å². The Morgan fingerprint density at radius 3 is 1.78 bits per heavy atom. The van der Waals surface area contributed by atoms with E-state index in [4.69, 9.17) is 0 Å². The maximum absolute atomic E-state index is 11.5. The summed E-state index contributed by atoms with van der Waals surface area (Å²) in [4.78, 5) is 0. The van der Waals surface area contributed by atoms with Crippen molar-refractivity contribution in [2.45, 2.75) is 12.3 Å². The highest BCUT2D eigenvalue weighted by Gasteiger charge is 2.31. The molecule has 2 unspecified atom stereocenters. The summed E-state index contributed by atoms with van der Waals surface area (Å²) in [6.45, 7) is -1.72. The molecular formula is C4H4F5. The van der Waals surface area contributed by atoms with Gasteiger partial charge >= 0.3 is 6.43 Å². The lowest BCUT2D eigenvalue weighted by atomic mass is 10.3. The minimum Gasteiger partial charge on any atom is -0.248 e. The Hall–Kier alpha value is -0.350. The number of halogens is 5. The molecule has 0 aliphatic heterocycles. The van der Waals surface area contributed by atoms with Gasteiger partial charge in [-0.2, -0.15) is 8.78 Å². The van der Waals surface area contributed by atoms with Gasteiger partial charge in [0.2, 0.25) is 6.17 Å². The zero-order valence-corrected chi connectivity index (χ0v) is 4.25. The Balaban J connectivity index is 3.58. The van der Waals surface area contributed by atoms with Crippen LogP contribution in [0.15, 0.2) is 0 Å². The first-order valence-electron chi connectivity index (χ1n) is 2.11. The molecule has 0 nitrogen and oxygen atoms in total. The van der Waals surface area contributed by atoms with Gasteiger partial charge in [-0.05, 0) is 0 Å². The average Bonchev–Trinajstić information content (AvgIpc) is 1.84. The summed E-state index contributed by atoms with van der Waals surface area (Å²) in [5.41, 5.74) is 0. The summed E-state index contributed by atoms with van der Waals surface area (Å²) >= 11 is 0. The van der Waals surface area contributed by atoms with Crippen LogP contribution in [-0.2, 0) is 0 Å². The molecule has 5 heteroatoms. The first-order chi connectivity index (χ1) is 4.09. The van der Waals surface area contributed by atoms with E-state index in [1.165, 1.54) is 0 Å². The topological polar surface area (TPSA) is 0 Å². The second-order valence-electron chi connectivity index (χ2n) is 1.36. The predicted molar refractivity (Wildman–Crippen MR) is 21.2 cm³/mol. The summed E-state index contributed by atoms with van der Waals surface area (Å²) in [6, 6.07) is 0. The molecular weight excluding hydrogens is 143 g/mol. The van der Waals surface area contributed by atoms with Crippen molar-refractivity contribution in [3.8, 4) is 0 Å². The molecule has 2 atom stereocenters. The third-order valence-electron chi connectivity index (χ3n) is 0.673. The van der Waals surface area contributed by atoms with Crippen molar-refractivity contribution in [3.05, 3.63) is 6.43 Å². The average molecular weight is 147 g/mol. The van der Waals surface area contributed by atoms with Gasteiger partial charge in [0.25, 0.3) is 0 Å². The van der Waals surface area contributed by atoms with Crippen molar-refractivity contribution < 1.29 is 22.0 Å². The van der Waals surface area contributed by atoms with Crippen LogP contribution in [0.1, 0.15) is 0 Å². The Kier molecular flexibility index (Phi) is 3.49. The molecule has 0 fully saturated rings. The Morgan fingerprint density at radius 1 is 1.22 bits per heavy atom. The van der Waals surface area contributed by atoms with Gasteiger partial charge in [-0.3, -0.25) is 0 Å². The highest BCUT2D eigenvalue weighted by atomic mass is 19.3. The van der Waals surface area contributed by atoms with Crippen molar-refractivity contribution in [2.75, 3.05) is 6.67 Å². The predicted octanol–water partition coefficient (Wildman–Crippen LogP) is 2.06. The van der Waals surface area contributed by atoms with Crippen molar-refractivity contribution in [2.24, 2.45) is 0 Å². The molecule has 0 aliphatic carbocycles. The van der Waals surface area contributed by atoms with Crippen LogP contribution >= 0.6 is 0 Å². The maximum Gasteiger partial charge on any atom is 0.346 e. The molecule has 1 radical (unpaired) electrons. The van der Waals surface area contributed by atoms with E-state index in [2.05, 4.69) is 0 Å². The summed E-state index contributed by atoms with van der Waals surface area (Å²) in [5, 5.41) is 0. The van der Waals surface area contributed by atoms with E-state index in [0.717, 1.165) is 0 Å². The minimum absolute atomic E-state index is 1.72. The van der Waals surface area contributed by atoms with Crippen LogP contribution in [0.2, 0.25) is 0 Å². The Bertz CT molecular complexity index is 73.4. The van der Waals surface area contributed by atoms with Crippen molar-refractivity contribution in [1.29, 1.82) is 0 Å². The number of rotatable bonds is 3. The van der Waals surface area contributed by atoms with Crippen LogP contribution in [0.25, 0.3) is 0 Å². The second kappa shape index (κ2) is 3.63. The highest BCUT2D eigenvalue weighted by molar-refractivity contribution is 4.80. The van der Waals surface area contributed by atoms with E-state index in [1.54, 1.807) is 0 Å². The maximum atomic E-state index is 11.5. The van der Waals surface area contributed by atoms with Gasteiger partial charge in [0.15, 0.2) is 6.17 Å². The number of alkyl halides is 3. The van der Waals surface area contributed by atoms with Crippen LogP contribution in [0, 0.1) is 6.43 Å². The van der Waals surface area contributed by atoms with E-state index >= 15 is 0 Å². The molecule has 55 valence electrons. The molecule has 0 bridgehead atoms. The lowest BCUT2D eigenvalue weighted by molar-refractivity contribution is 0.0708.